The zero-order valence-electron chi connectivity index (χ0n) is 16.6. The van der Waals surface area contributed by atoms with Crippen LogP contribution in [0.2, 0.25) is 0 Å². The van der Waals surface area contributed by atoms with Crippen molar-refractivity contribution < 1.29 is 18.7 Å². The Bertz CT molecular complexity index is 883. The van der Waals surface area contributed by atoms with Gasteiger partial charge in [-0.15, -0.1) is 0 Å². The fourth-order valence-corrected chi connectivity index (χ4v) is 4.34. The highest BCUT2D eigenvalue weighted by Gasteiger charge is 2.36. The van der Waals surface area contributed by atoms with Crippen LogP contribution >= 0.6 is 7.60 Å². The van der Waals surface area contributed by atoms with E-state index in [0.717, 1.165) is 16.8 Å². The Morgan fingerprint density at radius 2 is 1.24 bits per heavy atom. The molecule has 3 rings (SSSR count). The molecule has 0 saturated carbocycles. The SMILES string of the molecule is CN(C)c1ccc(C(O)P(=O)(OCc2ccccc2)OCc2ccccc2)cc1. The van der Waals surface area contributed by atoms with Gasteiger partial charge in [-0.1, -0.05) is 72.8 Å². The largest absolute Gasteiger partial charge is 0.378 e. The number of hydrogen-bond donors (Lipinski definition) is 1. The van der Waals surface area contributed by atoms with Crippen LogP contribution in [-0.4, -0.2) is 19.2 Å². The summed E-state index contributed by atoms with van der Waals surface area (Å²) < 4.78 is 25.0. The van der Waals surface area contributed by atoms with E-state index in [9.17, 15) is 9.67 Å². The van der Waals surface area contributed by atoms with Crippen molar-refractivity contribution in [3.05, 3.63) is 102 Å². The van der Waals surface area contributed by atoms with E-state index < -0.39 is 13.4 Å². The van der Waals surface area contributed by atoms with Crippen molar-refractivity contribution >= 4 is 13.3 Å². The van der Waals surface area contributed by atoms with Gasteiger partial charge in [-0.3, -0.25) is 4.57 Å². The maximum Gasteiger partial charge on any atom is 0.364 e. The Labute approximate surface area is 172 Å². The average molecular weight is 411 g/mol. The lowest BCUT2D eigenvalue weighted by Gasteiger charge is -2.24. The topological polar surface area (TPSA) is 59.0 Å². The van der Waals surface area contributed by atoms with Gasteiger partial charge in [0.1, 0.15) is 0 Å². The van der Waals surface area contributed by atoms with E-state index in [0.29, 0.717) is 5.56 Å². The molecule has 0 aliphatic carbocycles. The number of hydrogen-bond acceptors (Lipinski definition) is 5. The molecule has 5 nitrogen and oxygen atoms in total. The molecule has 29 heavy (non-hydrogen) atoms. The number of nitrogens with zero attached hydrogens (tertiary/aromatic N) is 1. The van der Waals surface area contributed by atoms with Crippen molar-refractivity contribution in [3.63, 3.8) is 0 Å². The summed E-state index contributed by atoms with van der Waals surface area (Å²) in [5.41, 5.74) is 3.17. The molecule has 152 valence electrons. The second-order valence-electron chi connectivity index (χ2n) is 6.92. The third-order valence-corrected chi connectivity index (χ3v) is 6.39. The molecule has 0 saturated heterocycles. The standard InChI is InChI=1S/C23H26NO4P/c1-24(2)22-15-13-21(14-16-22)23(25)29(26,27-17-19-9-5-3-6-10-19)28-18-20-11-7-4-8-12-20/h3-16,23,25H,17-18H2,1-2H3. The van der Waals surface area contributed by atoms with E-state index in [1.165, 1.54) is 0 Å². The fraction of sp³-hybridized carbons (Fsp3) is 0.217. The molecule has 3 aromatic carbocycles. The molecule has 0 fully saturated rings. The smallest absolute Gasteiger partial charge is 0.364 e. The molecule has 1 unspecified atom stereocenters. The number of anilines is 1. The molecule has 3 aromatic rings. The molecule has 0 aliphatic heterocycles. The van der Waals surface area contributed by atoms with Crippen LogP contribution in [0.5, 0.6) is 0 Å². The van der Waals surface area contributed by atoms with Gasteiger partial charge in [0.2, 0.25) is 0 Å². The Morgan fingerprint density at radius 1 is 0.793 bits per heavy atom. The second kappa shape index (κ2) is 9.86. The molecule has 0 heterocycles. The number of aliphatic hydroxyl groups excluding tert-OH is 1. The summed E-state index contributed by atoms with van der Waals surface area (Å²) in [6.07, 6.45) is 0. The van der Waals surface area contributed by atoms with Gasteiger partial charge >= 0.3 is 7.60 Å². The lowest BCUT2D eigenvalue weighted by atomic mass is 10.2. The Morgan fingerprint density at radius 3 is 1.66 bits per heavy atom. The van der Waals surface area contributed by atoms with Crippen LogP contribution < -0.4 is 4.90 Å². The third-order valence-electron chi connectivity index (χ3n) is 4.52. The maximum atomic E-state index is 13.6. The highest BCUT2D eigenvalue weighted by molar-refractivity contribution is 7.54. The van der Waals surface area contributed by atoms with Crippen LogP contribution in [-0.2, 0) is 26.8 Å². The molecule has 6 heteroatoms. The van der Waals surface area contributed by atoms with Crippen LogP contribution in [0, 0.1) is 0 Å². The van der Waals surface area contributed by atoms with E-state index >= 15 is 0 Å². The third kappa shape index (κ3) is 5.78. The molecule has 0 aliphatic rings. The van der Waals surface area contributed by atoms with Crippen molar-refractivity contribution in [3.8, 4) is 0 Å². The molecular weight excluding hydrogens is 385 g/mol. The van der Waals surface area contributed by atoms with Gasteiger partial charge in [0.05, 0.1) is 13.2 Å². The van der Waals surface area contributed by atoms with Crippen LogP contribution in [0.4, 0.5) is 5.69 Å². The predicted molar refractivity (Wildman–Crippen MR) is 116 cm³/mol. The van der Waals surface area contributed by atoms with Gasteiger partial charge in [-0.2, -0.15) is 0 Å². The summed E-state index contributed by atoms with van der Waals surface area (Å²) in [6.45, 7) is 0.166. The second-order valence-corrected chi connectivity index (χ2v) is 9.00. The zero-order valence-corrected chi connectivity index (χ0v) is 17.5. The molecule has 0 spiro atoms. The van der Waals surface area contributed by atoms with Gasteiger partial charge in [-0.25, -0.2) is 0 Å². The summed E-state index contributed by atoms with van der Waals surface area (Å²) in [7, 11) is 0.00553. The van der Waals surface area contributed by atoms with Crippen molar-refractivity contribution in [2.75, 3.05) is 19.0 Å². The van der Waals surface area contributed by atoms with Gasteiger partial charge in [0, 0.05) is 19.8 Å². The normalized spacial score (nSPS) is 12.5. The van der Waals surface area contributed by atoms with Crippen molar-refractivity contribution in [2.24, 2.45) is 0 Å². The highest BCUT2D eigenvalue weighted by atomic mass is 31.2. The number of rotatable bonds is 9. The monoisotopic (exact) mass is 411 g/mol. The minimum absolute atomic E-state index is 0.0831. The molecule has 0 amide bonds. The Kier molecular flexibility index (Phi) is 7.24. The quantitative estimate of drug-likeness (QED) is 0.480. The number of aliphatic hydroxyl groups is 1. The van der Waals surface area contributed by atoms with Crippen molar-refractivity contribution in [1.82, 2.24) is 0 Å². The summed E-state index contributed by atoms with van der Waals surface area (Å²) in [6, 6.07) is 26.0. The summed E-state index contributed by atoms with van der Waals surface area (Å²) in [5, 5.41) is 10.9. The molecule has 1 N–H and O–H groups in total. The van der Waals surface area contributed by atoms with Gasteiger partial charge in [0.25, 0.3) is 0 Å². The summed E-state index contributed by atoms with van der Waals surface area (Å²) >= 11 is 0. The van der Waals surface area contributed by atoms with Gasteiger partial charge in [-0.05, 0) is 28.8 Å². The molecular formula is C23H26NO4P. The first kappa shape index (κ1) is 21.3. The van der Waals surface area contributed by atoms with Crippen LogP contribution in [0.15, 0.2) is 84.9 Å². The molecule has 0 bridgehead atoms. The lowest BCUT2D eigenvalue weighted by molar-refractivity contribution is 0.133. The van der Waals surface area contributed by atoms with Crippen LogP contribution in [0.1, 0.15) is 22.5 Å². The van der Waals surface area contributed by atoms with E-state index in [1.54, 1.807) is 12.1 Å². The van der Waals surface area contributed by atoms with Gasteiger partial charge < -0.3 is 19.1 Å². The minimum Gasteiger partial charge on any atom is -0.378 e. The first-order chi connectivity index (χ1) is 14.0. The first-order valence-electron chi connectivity index (χ1n) is 9.40. The Hall–Kier alpha value is -2.43. The van der Waals surface area contributed by atoms with E-state index in [-0.39, 0.29) is 13.2 Å². The van der Waals surface area contributed by atoms with Crippen molar-refractivity contribution in [2.45, 2.75) is 19.1 Å². The highest BCUT2D eigenvalue weighted by Crippen LogP contribution is 2.60. The van der Waals surface area contributed by atoms with Crippen LogP contribution in [0.3, 0.4) is 0 Å². The first-order valence-corrected chi connectivity index (χ1v) is 11.0. The summed E-state index contributed by atoms with van der Waals surface area (Å²) in [4.78, 5) is 1.95. The molecule has 0 aromatic heterocycles. The molecule has 1 atom stereocenters. The summed E-state index contributed by atoms with van der Waals surface area (Å²) in [5.74, 6) is -1.38. The lowest BCUT2D eigenvalue weighted by Crippen LogP contribution is -2.09. The predicted octanol–water partition coefficient (Wildman–Crippen LogP) is 5.37. The van der Waals surface area contributed by atoms with E-state index in [1.807, 2.05) is 91.8 Å². The van der Waals surface area contributed by atoms with Gasteiger partial charge in [0.15, 0.2) is 5.85 Å². The van der Waals surface area contributed by atoms with Crippen molar-refractivity contribution in [1.29, 1.82) is 0 Å². The van der Waals surface area contributed by atoms with E-state index in [2.05, 4.69) is 0 Å². The fourth-order valence-electron chi connectivity index (χ4n) is 2.78. The molecule has 0 radical (unpaired) electrons. The zero-order chi connectivity index (χ0) is 20.7. The number of benzene rings is 3. The van der Waals surface area contributed by atoms with E-state index in [4.69, 9.17) is 9.05 Å². The minimum atomic E-state index is -3.86. The Balaban J connectivity index is 1.80. The average Bonchev–Trinajstić information content (AvgIpc) is 2.77. The maximum absolute atomic E-state index is 13.6. The van der Waals surface area contributed by atoms with Crippen LogP contribution in [0.25, 0.3) is 0 Å².